The zero-order chi connectivity index (χ0) is 91.4. The van der Waals surface area contributed by atoms with Gasteiger partial charge in [0, 0.05) is 27.1 Å². The topological polar surface area (TPSA) is 0 Å². The van der Waals surface area contributed by atoms with Crippen molar-refractivity contribution < 1.29 is 0 Å². The predicted molar refractivity (Wildman–Crippen MR) is 572 cm³/mol. The lowest BCUT2D eigenvalue weighted by Gasteiger charge is -2.42. The smallest absolute Gasteiger partial charge is 0.0221 e. The number of aryl methyl sites for hydroxylation is 10. The fourth-order valence-electron chi connectivity index (χ4n) is 31.3. The molecule has 13 aromatic carbocycles. The number of hydrogen-bond acceptors (Lipinski definition) is 0. The average Bonchev–Trinajstić information content (AvgIpc) is 1.52. The minimum atomic E-state index is 0.254. The molecule has 0 bridgehead atoms. The first-order valence-electron chi connectivity index (χ1n) is 54.4. The Morgan fingerprint density at radius 1 is 0.211 bits per heavy atom. The van der Waals surface area contributed by atoms with Crippen LogP contribution in [0.25, 0.3) is 88.0 Å². The third kappa shape index (κ3) is 14.5. The van der Waals surface area contributed by atoms with Gasteiger partial charge in [-0.25, -0.2) is 0 Å². The van der Waals surface area contributed by atoms with Crippen LogP contribution in [0.1, 0.15) is 401 Å². The summed E-state index contributed by atoms with van der Waals surface area (Å²) in [5, 5.41) is 8.80. The molecule has 2 spiro atoms. The van der Waals surface area contributed by atoms with Gasteiger partial charge < -0.3 is 0 Å². The lowest BCUT2D eigenvalue weighted by molar-refractivity contribution is 0.376. The van der Waals surface area contributed by atoms with Crippen LogP contribution in [0.5, 0.6) is 0 Å². The number of rotatable bonds is 21. The third-order valence-electron chi connectivity index (χ3n) is 37.4. The van der Waals surface area contributed by atoms with Crippen molar-refractivity contribution in [1.29, 1.82) is 0 Å². The highest BCUT2D eigenvalue weighted by atomic mass is 14.6. The largest absolute Gasteiger partial charge is 0.0654 e. The number of hydrogen-bond donors (Lipinski definition) is 0. The second-order valence-electron chi connectivity index (χ2n) is 44.8. The molecule has 25 rings (SSSR count). The molecule has 0 nitrogen and oxygen atoms in total. The number of benzene rings is 13. The molecule has 0 heteroatoms. The Kier molecular flexibility index (Phi) is 24.8. The predicted octanol–water partition coefficient (Wildman–Crippen LogP) is 37.2. The van der Waals surface area contributed by atoms with Crippen LogP contribution in [0, 0.1) is 76.2 Å². The minimum Gasteiger partial charge on any atom is -0.0654 e. The first-order valence-corrected chi connectivity index (χ1v) is 54.4. The molecule has 13 aromatic rings. The molecule has 0 saturated heterocycles. The fourth-order valence-corrected chi connectivity index (χ4v) is 31.3. The van der Waals surface area contributed by atoms with Gasteiger partial charge in [0.15, 0.2) is 0 Å². The standard InChI is InChI=1S/2C30H36.C27H36.C25H24.C21H22/c1-4-5-6-7-8-11-18-30-19-12-15-24-21(2)16-17-26(29(24)30)28-25-14-10-9-13-23(25)22(3)20-27(28)30;1-4-5-6-7-8-11-18-30-19-12-15-24-22(3)23-13-9-10-14-25(23)28(29(24)30)26-17-16-21(2)20-27(26)30;1-5-6-7-8-9-10-17-27-18-11-12-22-20(3)14-16-24(26(22)27)23-15-13-19(2)21(4)25(23)27;1-15-11-12-21-22-20-8-4-3-7-18(20)16(2)19-10-6-14-25(24(19)22)13-5-9-17(15)23(21)25;1-13-7-9-17-18-10-8-14(2)16-6-4-12-21(20(16)18)11-3-5-15(13)19(17)21/h2*9-10,13-14,16-17,20H,4-8,11-12,15,18-19H2,1-3H3;13-16H,5-12,17-18H2,1-4H3;3-4,7-8,11-12H,5-6,9-10,13-14H2,1-2H3;7-10H,3-6,11-12H2,1-2H3. The second kappa shape index (κ2) is 36.6. The second-order valence-corrected chi connectivity index (χ2v) is 44.8. The Hall–Kier alpha value is -9.36. The lowest BCUT2D eigenvalue weighted by atomic mass is 9.61. The Morgan fingerprint density at radius 2 is 0.526 bits per heavy atom. The highest BCUT2D eigenvalue weighted by Crippen LogP contribution is 2.67. The van der Waals surface area contributed by atoms with Crippen molar-refractivity contribution in [2.45, 2.75) is 394 Å². The summed E-state index contributed by atoms with van der Waals surface area (Å²) in [7, 11) is 0. The fraction of sp³-hybridized carbons (Fsp3) is 0.459. The minimum absolute atomic E-state index is 0.254. The highest BCUT2D eigenvalue weighted by Gasteiger charge is 2.54. The first-order chi connectivity index (χ1) is 64.9. The Morgan fingerprint density at radius 3 is 1.00 bits per heavy atom. The van der Waals surface area contributed by atoms with Gasteiger partial charge in [0.05, 0.1) is 0 Å². The van der Waals surface area contributed by atoms with Gasteiger partial charge in [-0.15, -0.1) is 0 Å². The van der Waals surface area contributed by atoms with Crippen LogP contribution in [0.4, 0.5) is 0 Å². The molecule has 0 heterocycles. The van der Waals surface area contributed by atoms with E-state index in [1.807, 2.05) is 0 Å². The molecule has 12 aliphatic carbocycles. The van der Waals surface area contributed by atoms with Crippen molar-refractivity contribution in [2.24, 2.45) is 0 Å². The normalized spacial score (nSPS) is 20.1. The van der Waals surface area contributed by atoms with E-state index >= 15 is 0 Å². The van der Waals surface area contributed by atoms with Crippen LogP contribution < -0.4 is 0 Å². The molecule has 0 aromatic heterocycles. The molecule has 0 N–H and O–H groups in total. The van der Waals surface area contributed by atoms with Gasteiger partial charge in [0.1, 0.15) is 0 Å². The molecule has 12 aliphatic rings. The van der Waals surface area contributed by atoms with E-state index in [0.29, 0.717) is 16.2 Å². The summed E-state index contributed by atoms with van der Waals surface area (Å²) >= 11 is 0. The summed E-state index contributed by atoms with van der Waals surface area (Å²) in [6.07, 6.45) is 56.7. The van der Waals surface area contributed by atoms with E-state index < -0.39 is 0 Å². The molecule has 0 radical (unpaired) electrons. The van der Waals surface area contributed by atoms with Crippen molar-refractivity contribution in [3.8, 4) is 55.6 Å². The van der Waals surface area contributed by atoms with E-state index in [4.69, 9.17) is 0 Å². The zero-order valence-electron chi connectivity index (χ0n) is 84.4. The van der Waals surface area contributed by atoms with Gasteiger partial charge in [-0.1, -0.05) is 312 Å². The number of fused-ring (bicyclic) bond motifs is 17. The Labute approximate surface area is 801 Å². The van der Waals surface area contributed by atoms with Crippen LogP contribution in [0.3, 0.4) is 0 Å². The van der Waals surface area contributed by atoms with Gasteiger partial charge >= 0.3 is 0 Å². The molecule has 0 saturated carbocycles. The van der Waals surface area contributed by atoms with Crippen molar-refractivity contribution in [1.82, 2.24) is 0 Å². The SMILES string of the molecule is CCCCCCCCC12CCCc3c(C)ccc(c31)-c1c2cc(C)c2ccccc12.CCCCCCCCC12CCCc3c(C)ccc(c31)-c1ccc(C)c(C)c12.CCCCCCCCC12CCCc3c1c(c1ccccc1c3C)-c1ccc(C)cc12.Cc1ccc2c3c1CCCC31CCCc3c(C)ccc-2c31.Cc1ccc2c3c1CCCC31CCCc3c1c-2c1ccccc1c3C. The van der Waals surface area contributed by atoms with Crippen molar-refractivity contribution in [2.75, 3.05) is 0 Å². The first kappa shape index (κ1) is 90.1. The molecule has 0 fully saturated rings. The summed E-state index contributed by atoms with van der Waals surface area (Å²) in [6, 6.07) is 66.0. The van der Waals surface area contributed by atoms with Gasteiger partial charge in [0.25, 0.3) is 0 Å². The van der Waals surface area contributed by atoms with Crippen molar-refractivity contribution >= 4 is 32.3 Å². The number of unbranched alkanes of at least 4 members (excludes halogenated alkanes) is 15. The van der Waals surface area contributed by atoms with E-state index in [1.165, 1.54) is 352 Å². The van der Waals surface area contributed by atoms with E-state index in [0.717, 1.165) is 0 Å². The Balaban J connectivity index is 0.000000100. The molecule has 133 heavy (non-hydrogen) atoms. The van der Waals surface area contributed by atoms with Gasteiger partial charge in [-0.05, 0) is 468 Å². The molecule has 4 unspecified atom stereocenters. The van der Waals surface area contributed by atoms with Crippen LogP contribution in [0.2, 0.25) is 0 Å². The zero-order valence-corrected chi connectivity index (χ0v) is 84.4. The van der Waals surface area contributed by atoms with Crippen LogP contribution >= 0.6 is 0 Å². The monoisotopic (exact) mass is 1750 g/mol. The van der Waals surface area contributed by atoms with Crippen LogP contribution in [0.15, 0.2) is 170 Å². The van der Waals surface area contributed by atoms with E-state index in [1.54, 1.807) is 161 Å². The van der Waals surface area contributed by atoms with Gasteiger partial charge in [-0.3, -0.25) is 0 Å². The quantitative estimate of drug-likeness (QED) is 0.0629. The lowest BCUT2D eigenvalue weighted by Crippen LogP contribution is -2.34. The third-order valence-corrected chi connectivity index (χ3v) is 37.4. The molecule has 0 aliphatic heterocycles. The van der Waals surface area contributed by atoms with E-state index in [9.17, 15) is 0 Å². The molecule has 686 valence electrons. The average molecular weight is 1750 g/mol. The van der Waals surface area contributed by atoms with E-state index in [-0.39, 0.29) is 10.8 Å². The molecule has 0 amide bonds. The summed E-state index contributed by atoms with van der Waals surface area (Å²) in [6.45, 7) is 32.6. The summed E-state index contributed by atoms with van der Waals surface area (Å²) in [5.74, 6) is 0. The van der Waals surface area contributed by atoms with Gasteiger partial charge in [-0.2, -0.15) is 0 Å². The summed E-state index contributed by atoms with van der Waals surface area (Å²) in [4.78, 5) is 0. The maximum Gasteiger partial charge on any atom is 0.0221 e. The Bertz CT molecular complexity index is 6640. The molecule has 4 atom stereocenters. The summed E-state index contributed by atoms with van der Waals surface area (Å²) < 4.78 is 0. The van der Waals surface area contributed by atoms with Crippen molar-refractivity contribution in [3.05, 3.63) is 326 Å². The van der Waals surface area contributed by atoms with Crippen LogP contribution in [-0.2, 0) is 72.0 Å². The maximum atomic E-state index is 2.57. The maximum absolute atomic E-state index is 2.57. The highest BCUT2D eigenvalue weighted by molar-refractivity contribution is 6.08. The van der Waals surface area contributed by atoms with E-state index in [2.05, 4.69) is 267 Å². The van der Waals surface area contributed by atoms with Gasteiger partial charge in [0.2, 0.25) is 0 Å². The van der Waals surface area contributed by atoms with Crippen LogP contribution in [-0.4, -0.2) is 0 Å². The molecular formula is C133H154. The molecular weight excluding hydrogens is 1600 g/mol. The summed E-state index contributed by atoms with van der Waals surface area (Å²) in [5.41, 5.74) is 62.5. The van der Waals surface area contributed by atoms with Crippen molar-refractivity contribution in [3.63, 3.8) is 0 Å².